The Hall–Kier alpha value is -1.63. The van der Waals surface area contributed by atoms with Crippen LogP contribution in [0.4, 0.5) is 10.1 Å². The number of amides is 1. The first-order chi connectivity index (χ1) is 12.5. The summed E-state index contributed by atoms with van der Waals surface area (Å²) in [6, 6.07) is 12.1. The fraction of sp³-hybridized carbons (Fsp3) is 0.316. The summed E-state index contributed by atoms with van der Waals surface area (Å²) in [6.07, 6.45) is 0. The first-order valence-corrected chi connectivity index (χ1v) is 9.67. The SMILES string of the molecule is O=C(NCCN1CCN(c2ccccc2F)CC1)c1cc(Br)ccc1Cl. The molecule has 0 spiro atoms. The van der Waals surface area contributed by atoms with Crippen molar-refractivity contribution >= 4 is 39.1 Å². The molecule has 1 aliphatic heterocycles. The number of anilines is 1. The lowest BCUT2D eigenvalue weighted by atomic mass is 10.2. The molecule has 3 rings (SSSR count). The number of nitrogens with zero attached hydrogens (tertiary/aromatic N) is 2. The maximum Gasteiger partial charge on any atom is 0.252 e. The summed E-state index contributed by atoms with van der Waals surface area (Å²) in [7, 11) is 0. The third kappa shape index (κ3) is 4.75. The van der Waals surface area contributed by atoms with Crippen LogP contribution in [0.2, 0.25) is 5.02 Å². The number of rotatable bonds is 5. The molecule has 1 N–H and O–H groups in total. The van der Waals surface area contributed by atoms with E-state index in [0.717, 1.165) is 37.2 Å². The van der Waals surface area contributed by atoms with Crippen molar-refractivity contribution in [1.82, 2.24) is 10.2 Å². The van der Waals surface area contributed by atoms with Crippen molar-refractivity contribution in [3.63, 3.8) is 0 Å². The number of piperazine rings is 1. The van der Waals surface area contributed by atoms with Crippen molar-refractivity contribution in [1.29, 1.82) is 0 Å². The minimum atomic E-state index is -0.181. The Morgan fingerprint density at radius 2 is 1.88 bits per heavy atom. The molecule has 0 atom stereocenters. The molecule has 0 aromatic heterocycles. The van der Waals surface area contributed by atoms with Gasteiger partial charge in [-0.05, 0) is 30.3 Å². The zero-order valence-electron chi connectivity index (χ0n) is 14.2. The Bertz CT molecular complexity index is 781. The van der Waals surface area contributed by atoms with Gasteiger partial charge in [-0.3, -0.25) is 9.69 Å². The molecule has 0 saturated carbocycles. The number of para-hydroxylation sites is 1. The molecule has 0 radical (unpaired) electrons. The average Bonchev–Trinajstić information content (AvgIpc) is 2.65. The molecule has 1 aliphatic rings. The summed E-state index contributed by atoms with van der Waals surface area (Å²) in [5.41, 5.74) is 1.12. The summed E-state index contributed by atoms with van der Waals surface area (Å²) < 4.78 is 14.7. The first kappa shape index (κ1) is 19.1. The topological polar surface area (TPSA) is 35.6 Å². The second-order valence-electron chi connectivity index (χ2n) is 6.16. The van der Waals surface area contributed by atoms with Crippen LogP contribution in [0.1, 0.15) is 10.4 Å². The number of halogens is 3. The summed E-state index contributed by atoms with van der Waals surface area (Å²) in [5.74, 6) is -0.361. The van der Waals surface area contributed by atoms with E-state index >= 15 is 0 Å². The molecular weight excluding hydrogens is 421 g/mol. The van der Waals surface area contributed by atoms with Crippen LogP contribution in [0, 0.1) is 5.82 Å². The molecule has 2 aromatic rings. The monoisotopic (exact) mass is 439 g/mol. The van der Waals surface area contributed by atoms with Crippen molar-refractivity contribution in [3.8, 4) is 0 Å². The Kier molecular flexibility index (Phi) is 6.51. The van der Waals surface area contributed by atoms with Crippen LogP contribution in [0.3, 0.4) is 0 Å². The predicted molar refractivity (Wildman–Crippen MR) is 107 cm³/mol. The Morgan fingerprint density at radius 1 is 1.15 bits per heavy atom. The highest BCUT2D eigenvalue weighted by molar-refractivity contribution is 9.10. The van der Waals surface area contributed by atoms with Gasteiger partial charge in [0.25, 0.3) is 5.91 Å². The first-order valence-electron chi connectivity index (χ1n) is 8.49. The van der Waals surface area contributed by atoms with Crippen LogP contribution < -0.4 is 10.2 Å². The average molecular weight is 441 g/mol. The van der Waals surface area contributed by atoms with Crippen LogP contribution >= 0.6 is 27.5 Å². The number of carbonyl (C=O) groups excluding carboxylic acids is 1. The summed E-state index contributed by atoms with van der Waals surface area (Å²) in [6.45, 7) is 4.51. The minimum Gasteiger partial charge on any atom is -0.367 e. The standard InChI is InChI=1S/C19H20BrClFN3O/c20-14-5-6-16(21)15(13-14)19(26)23-7-8-24-9-11-25(12-10-24)18-4-2-1-3-17(18)22/h1-6,13H,7-12H2,(H,23,26). The quantitative estimate of drug-likeness (QED) is 0.768. The fourth-order valence-electron chi connectivity index (χ4n) is 3.01. The van der Waals surface area contributed by atoms with E-state index in [1.54, 1.807) is 24.3 Å². The van der Waals surface area contributed by atoms with Gasteiger partial charge >= 0.3 is 0 Å². The molecule has 1 heterocycles. The van der Waals surface area contributed by atoms with Gasteiger partial charge in [0.2, 0.25) is 0 Å². The highest BCUT2D eigenvalue weighted by atomic mass is 79.9. The Morgan fingerprint density at radius 3 is 2.62 bits per heavy atom. The summed E-state index contributed by atoms with van der Waals surface area (Å²) >= 11 is 9.42. The maximum atomic E-state index is 13.9. The van der Waals surface area contributed by atoms with Gasteiger partial charge in [-0.15, -0.1) is 0 Å². The molecule has 1 saturated heterocycles. The number of benzene rings is 2. The minimum absolute atomic E-state index is 0.179. The molecule has 2 aromatic carbocycles. The van der Waals surface area contributed by atoms with Gasteiger partial charge < -0.3 is 10.2 Å². The van der Waals surface area contributed by atoms with E-state index in [1.165, 1.54) is 6.07 Å². The molecule has 1 fully saturated rings. The van der Waals surface area contributed by atoms with Crippen molar-refractivity contribution in [3.05, 3.63) is 63.3 Å². The second-order valence-corrected chi connectivity index (χ2v) is 7.48. The second kappa shape index (κ2) is 8.84. The van der Waals surface area contributed by atoms with E-state index in [-0.39, 0.29) is 11.7 Å². The molecule has 4 nitrogen and oxygen atoms in total. The lowest BCUT2D eigenvalue weighted by Crippen LogP contribution is -2.48. The summed E-state index contributed by atoms with van der Waals surface area (Å²) in [5, 5.41) is 3.34. The molecule has 1 amide bonds. The molecular formula is C19H20BrClFN3O. The largest absolute Gasteiger partial charge is 0.367 e. The molecule has 26 heavy (non-hydrogen) atoms. The smallest absolute Gasteiger partial charge is 0.252 e. The van der Waals surface area contributed by atoms with Crippen LogP contribution in [0.25, 0.3) is 0 Å². The van der Waals surface area contributed by atoms with Gasteiger partial charge in [0.05, 0.1) is 16.3 Å². The Labute approximate surface area is 166 Å². The third-order valence-corrected chi connectivity index (χ3v) is 5.27. The van der Waals surface area contributed by atoms with E-state index in [4.69, 9.17) is 11.6 Å². The van der Waals surface area contributed by atoms with E-state index in [0.29, 0.717) is 22.8 Å². The van der Waals surface area contributed by atoms with Crippen LogP contribution in [-0.2, 0) is 0 Å². The van der Waals surface area contributed by atoms with Crippen molar-refractivity contribution < 1.29 is 9.18 Å². The maximum absolute atomic E-state index is 13.9. The van der Waals surface area contributed by atoms with Crippen LogP contribution in [-0.4, -0.2) is 50.1 Å². The van der Waals surface area contributed by atoms with E-state index in [1.807, 2.05) is 12.1 Å². The summed E-state index contributed by atoms with van der Waals surface area (Å²) in [4.78, 5) is 16.6. The van der Waals surface area contributed by atoms with Gasteiger partial charge in [0, 0.05) is 43.7 Å². The van der Waals surface area contributed by atoms with Crippen molar-refractivity contribution in [2.24, 2.45) is 0 Å². The van der Waals surface area contributed by atoms with Gasteiger partial charge in [0.15, 0.2) is 0 Å². The number of nitrogens with one attached hydrogen (secondary N) is 1. The molecule has 0 bridgehead atoms. The number of hydrogen-bond acceptors (Lipinski definition) is 3. The van der Waals surface area contributed by atoms with E-state index < -0.39 is 0 Å². The van der Waals surface area contributed by atoms with Crippen molar-refractivity contribution in [2.75, 3.05) is 44.2 Å². The van der Waals surface area contributed by atoms with E-state index in [9.17, 15) is 9.18 Å². The van der Waals surface area contributed by atoms with Gasteiger partial charge in [-0.2, -0.15) is 0 Å². The molecule has 0 aliphatic carbocycles. The lowest BCUT2D eigenvalue weighted by Gasteiger charge is -2.36. The zero-order valence-corrected chi connectivity index (χ0v) is 16.6. The normalized spacial score (nSPS) is 15.1. The third-order valence-electron chi connectivity index (χ3n) is 4.45. The van der Waals surface area contributed by atoms with E-state index in [2.05, 4.69) is 31.0 Å². The van der Waals surface area contributed by atoms with Crippen molar-refractivity contribution in [2.45, 2.75) is 0 Å². The lowest BCUT2D eigenvalue weighted by molar-refractivity contribution is 0.0948. The molecule has 7 heteroatoms. The van der Waals surface area contributed by atoms with Gasteiger partial charge in [0.1, 0.15) is 5.82 Å². The number of carbonyl (C=O) groups is 1. The predicted octanol–water partition coefficient (Wildman–Crippen LogP) is 3.79. The molecule has 0 unspecified atom stereocenters. The Balaban J connectivity index is 1.45. The van der Waals surface area contributed by atoms with Gasteiger partial charge in [-0.1, -0.05) is 39.7 Å². The highest BCUT2D eigenvalue weighted by Gasteiger charge is 2.19. The number of hydrogen-bond donors (Lipinski definition) is 1. The fourth-order valence-corrected chi connectivity index (χ4v) is 3.58. The van der Waals surface area contributed by atoms with Gasteiger partial charge in [-0.25, -0.2) is 4.39 Å². The van der Waals surface area contributed by atoms with Crippen LogP contribution in [0.15, 0.2) is 46.9 Å². The zero-order chi connectivity index (χ0) is 18.5. The van der Waals surface area contributed by atoms with Crippen LogP contribution in [0.5, 0.6) is 0 Å². The molecule has 138 valence electrons. The highest BCUT2D eigenvalue weighted by Crippen LogP contribution is 2.21.